The molecule has 7 heteroatoms. The molecule has 1 aliphatic heterocycles. The van der Waals surface area contributed by atoms with E-state index < -0.39 is 0 Å². The maximum absolute atomic E-state index is 11.6. The van der Waals surface area contributed by atoms with Crippen LogP contribution in [0.15, 0.2) is 24.3 Å². The normalized spacial score (nSPS) is 14.6. The summed E-state index contributed by atoms with van der Waals surface area (Å²) in [7, 11) is 1.79. The van der Waals surface area contributed by atoms with Crippen molar-refractivity contribution >= 4 is 34.5 Å². The number of hydrogen-bond donors (Lipinski definition) is 2. The summed E-state index contributed by atoms with van der Waals surface area (Å²) in [5.41, 5.74) is 1.56. The van der Waals surface area contributed by atoms with E-state index in [0.29, 0.717) is 18.7 Å². The second kappa shape index (κ2) is 7.24. The maximum atomic E-state index is 11.6. The quantitative estimate of drug-likeness (QED) is 0.831. The molecule has 1 saturated heterocycles. The molecule has 1 fully saturated rings. The van der Waals surface area contributed by atoms with Gasteiger partial charge in [0.1, 0.15) is 0 Å². The lowest BCUT2D eigenvalue weighted by Crippen LogP contribution is -2.27. The Balaban J connectivity index is 1.91. The Labute approximate surface area is 127 Å². The van der Waals surface area contributed by atoms with Gasteiger partial charge in [0.05, 0.1) is 12.3 Å². The van der Waals surface area contributed by atoms with Crippen molar-refractivity contribution in [2.24, 2.45) is 0 Å². The molecule has 1 aliphatic rings. The molecule has 2 N–H and O–H groups in total. The summed E-state index contributed by atoms with van der Waals surface area (Å²) in [4.78, 5) is 35.8. The Morgan fingerprint density at radius 2 is 2.00 bits per heavy atom. The van der Waals surface area contributed by atoms with Crippen molar-refractivity contribution in [2.45, 2.75) is 13.0 Å². The second-order valence-corrected chi connectivity index (χ2v) is 5.56. The first-order valence-electron chi connectivity index (χ1n) is 6.60. The molecule has 0 atom stereocenters. The highest BCUT2D eigenvalue weighted by Gasteiger charge is 2.29. The Hall–Kier alpha value is -1.86. The summed E-state index contributed by atoms with van der Waals surface area (Å²) >= 11 is 1.03. The van der Waals surface area contributed by atoms with Crippen LogP contribution < -0.4 is 10.6 Å². The van der Waals surface area contributed by atoms with Gasteiger partial charge in [0.2, 0.25) is 11.8 Å². The first-order chi connectivity index (χ1) is 10.1. The Bertz CT molecular complexity index is 529. The summed E-state index contributed by atoms with van der Waals surface area (Å²) in [6.07, 6.45) is 0.409. The van der Waals surface area contributed by atoms with Gasteiger partial charge in [-0.1, -0.05) is 23.9 Å². The van der Waals surface area contributed by atoms with Gasteiger partial charge in [-0.3, -0.25) is 19.3 Å². The van der Waals surface area contributed by atoms with Crippen molar-refractivity contribution in [3.63, 3.8) is 0 Å². The van der Waals surface area contributed by atoms with E-state index in [4.69, 9.17) is 0 Å². The Morgan fingerprint density at radius 1 is 1.29 bits per heavy atom. The Morgan fingerprint density at radius 3 is 2.57 bits per heavy atom. The monoisotopic (exact) mass is 307 g/mol. The number of nitrogens with one attached hydrogen (secondary N) is 2. The number of amides is 3. The average molecular weight is 307 g/mol. The lowest BCUT2D eigenvalue weighted by Gasteiger charge is -2.13. The van der Waals surface area contributed by atoms with Gasteiger partial charge in [0.15, 0.2) is 0 Å². The number of anilines is 1. The van der Waals surface area contributed by atoms with Crippen LogP contribution in [0.2, 0.25) is 0 Å². The molecule has 1 aromatic rings. The smallest absolute Gasteiger partial charge is 0.289 e. The van der Waals surface area contributed by atoms with E-state index in [1.54, 1.807) is 31.3 Å². The van der Waals surface area contributed by atoms with Gasteiger partial charge in [0, 0.05) is 18.7 Å². The molecule has 1 heterocycles. The topological polar surface area (TPSA) is 78.5 Å². The minimum Gasteiger partial charge on any atom is -0.326 e. The number of hydrogen-bond acceptors (Lipinski definition) is 5. The summed E-state index contributed by atoms with van der Waals surface area (Å²) in [5.74, 6) is 0.00571. The third-order valence-electron chi connectivity index (χ3n) is 3.02. The first-order valence-corrected chi connectivity index (χ1v) is 7.59. The van der Waals surface area contributed by atoms with E-state index >= 15 is 0 Å². The minimum atomic E-state index is -0.204. The van der Waals surface area contributed by atoms with Crippen molar-refractivity contribution in [1.29, 1.82) is 0 Å². The predicted octanol–water partition coefficient (Wildman–Crippen LogP) is 1.43. The van der Waals surface area contributed by atoms with Crippen molar-refractivity contribution in [3.8, 4) is 0 Å². The van der Waals surface area contributed by atoms with Gasteiger partial charge in [-0.15, -0.1) is 0 Å². The van der Waals surface area contributed by atoms with Crippen molar-refractivity contribution in [2.75, 3.05) is 24.7 Å². The molecule has 0 unspecified atom stereocenters. The number of thioether (sulfide) groups is 1. The fourth-order valence-electron chi connectivity index (χ4n) is 1.87. The number of imide groups is 1. The minimum absolute atomic E-state index is 0.0570. The van der Waals surface area contributed by atoms with Crippen LogP contribution in [0.1, 0.15) is 12.0 Å². The molecule has 0 bridgehead atoms. The maximum Gasteiger partial charge on any atom is 0.289 e. The molecule has 1 aromatic carbocycles. The van der Waals surface area contributed by atoms with Crippen molar-refractivity contribution in [1.82, 2.24) is 10.2 Å². The van der Waals surface area contributed by atoms with E-state index in [1.807, 2.05) is 0 Å². The van der Waals surface area contributed by atoms with Crippen LogP contribution in [0, 0.1) is 0 Å². The van der Waals surface area contributed by atoms with E-state index in [1.165, 1.54) is 4.90 Å². The van der Waals surface area contributed by atoms with E-state index in [-0.39, 0.29) is 29.4 Å². The molecular formula is C14H17N3O3S. The lowest BCUT2D eigenvalue weighted by atomic mass is 10.2. The van der Waals surface area contributed by atoms with E-state index in [2.05, 4.69) is 10.6 Å². The van der Waals surface area contributed by atoms with Gasteiger partial charge in [-0.2, -0.15) is 0 Å². The van der Waals surface area contributed by atoms with Crippen molar-refractivity contribution in [3.05, 3.63) is 29.8 Å². The van der Waals surface area contributed by atoms with Crippen LogP contribution in [0.25, 0.3) is 0 Å². The molecular weight excluding hydrogens is 290 g/mol. The number of nitrogens with zero attached hydrogens (tertiary/aromatic N) is 1. The van der Waals surface area contributed by atoms with Gasteiger partial charge in [-0.25, -0.2) is 0 Å². The fraction of sp³-hybridized carbons (Fsp3) is 0.357. The number of carbonyl (C=O) groups excluding carboxylic acids is 3. The average Bonchev–Trinajstić information content (AvgIpc) is 2.79. The zero-order valence-corrected chi connectivity index (χ0v) is 12.5. The van der Waals surface area contributed by atoms with Crippen molar-refractivity contribution < 1.29 is 14.4 Å². The number of carbonyl (C=O) groups is 3. The molecule has 0 aromatic heterocycles. The van der Waals surface area contributed by atoms with Gasteiger partial charge in [-0.05, 0) is 24.7 Å². The molecule has 0 saturated carbocycles. The predicted molar refractivity (Wildman–Crippen MR) is 82.0 cm³/mol. The zero-order chi connectivity index (χ0) is 15.2. The van der Waals surface area contributed by atoms with Crippen LogP contribution in [0.5, 0.6) is 0 Å². The lowest BCUT2D eigenvalue weighted by molar-refractivity contribution is -0.125. The zero-order valence-electron chi connectivity index (χ0n) is 11.7. The molecule has 0 aliphatic carbocycles. The Kier molecular flexibility index (Phi) is 5.35. The summed E-state index contributed by atoms with van der Waals surface area (Å²) in [6.45, 7) is 0.902. The van der Waals surface area contributed by atoms with Gasteiger partial charge < -0.3 is 10.6 Å². The van der Waals surface area contributed by atoms with Gasteiger partial charge in [0.25, 0.3) is 5.24 Å². The highest BCUT2D eigenvalue weighted by Crippen LogP contribution is 2.21. The summed E-state index contributed by atoms with van der Waals surface area (Å²) in [6, 6.07) is 7.14. The molecule has 3 amide bonds. The SMILES string of the molecule is CNCCC(=O)Nc1ccc(CN2C(=O)CSC2=O)cc1. The molecule has 112 valence electrons. The molecule has 2 rings (SSSR count). The largest absolute Gasteiger partial charge is 0.326 e. The van der Waals surface area contributed by atoms with Crippen LogP contribution in [-0.4, -0.2) is 41.3 Å². The molecule has 6 nitrogen and oxygen atoms in total. The summed E-state index contributed by atoms with van der Waals surface area (Å²) < 4.78 is 0. The molecule has 0 spiro atoms. The first kappa shape index (κ1) is 15.5. The number of rotatable bonds is 6. The van der Waals surface area contributed by atoms with Crippen LogP contribution in [-0.2, 0) is 16.1 Å². The van der Waals surface area contributed by atoms with Crippen LogP contribution in [0.4, 0.5) is 10.5 Å². The summed E-state index contributed by atoms with van der Waals surface area (Å²) in [5, 5.41) is 5.49. The highest BCUT2D eigenvalue weighted by molar-refractivity contribution is 8.14. The van der Waals surface area contributed by atoms with E-state index in [0.717, 1.165) is 17.3 Å². The third kappa shape index (κ3) is 4.30. The fourth-order valence-corrected chi connectivity index (χ4v) is 2.60. The van der Waals surface area contributed by atoms with Crippen LogP contribution >= 0.6 is 11.8 Å². The molecule has 21 heavy (non-hydrogen) atoms. The third-order valence-corrected chi connectivity index (χ3v) is 3.88. The molecule has 0 radical (unpaired) electrons. The second-order valence-electron chi connectivity index (χ2n) is 4.63. The van der Waals surface area contributed by atoms with E-state index in [9.17, 15) is 14.4 Å². The van der Waals surface area contributed by atoms with Gasteiger partial charge >= 0.3 is 0 Å². The highest BCUT2D eigenvalue weighted by atomic mass is 32.2. The standard InChI is InChI=1S/C14H17N3O3S/c1-15-7-6-12(18)16-11-4-2-10(3-5-11)8-17-13(19)9-21-14(17)20/h2-5,15H,6-9H2,1H3,(H,16,18). The number of benzene rings is 1. The van der Waals surface area contributed by atoms with Crippen LogP contribution in [0.3, 0.4) is 0 Å².